The predicted octanol–water partition coefficient (Wildman–Crippen LogP) is 0.0439. The molecule has 0 aliphatic carbocycles. The molecule has 2 heterocycles. The van der Waals surface area contributed by atoms with Gasteiger partial charge in [0.1, 0.15) is 32.7 Å². The van der Waals surface area contributed by atoms with Crippen LogP contribution < -0.4 is 20.0 Å². The lowest BCUT2D eigenvalue weighted by Crippen LogP contribution is -3.28. The van der Waals surface area contributed by atoms with Crippen LogP contribution in [-0.4, -0.2) is 51.1 Å². The maximum Gasteiger partial charge on any atom is 0.279 e. The molecule has 3 N–H and O–H groups in total. The fourth-order valence-corrected chi connectivity index (χ4v) is 4.47. The summed E-state index contributed by atoms with van der Waals surface area (Å²) in [7, 11) is 0. The smallest absolute Gasteiger partial charge is 0.279 e. The van der Waals surface area contributed by atoms with E-state index in [9.17, 15) is 9.59 Å². The van der Waals surface area contributed by atoms with Crippen molar-refractivity contribution in [1.82, 2.24) is 0 Å². The van der Waals surface area contributed by atoms with Gasteiger partial charge < -0.3 is 20.0 Å². The van der Waals surface area contributed by atoms with E-state index in [1.54, 1.807) is 4.90 Å². The number of anilines is 2. The van der Waals surface area contributed by atoms with Crippen molar-refractivity contribution in [3.63, 3.8) is 0 Å². The molecule has 0 atom stereocenters. The Morgan fingerprint density at radius 3 is 2.37 bits per heavy atom. The van der Waals surface area contributed by atoms with E-state index in [1.807, 2.05) is 29.2 Å². The van der Waals surface area contributed by atoms with E-state index in [-0.39, 0.29) is 11.8 Å². The Labute approximate surface area is 178 Å². The number of rotatable bonds is 6. The molecular weight excluding hydrogens is 376 g/mol. The standard InChI is InChI=1S/C24H30N4O2/c1-19-5-2-3-6-20(19)17-26-13-15-27(16-14-26)18-23(29)25-21-8-10-22(11-9-21)28-12-4-7-24(28)30/h2-3,5-6,8-11H,4,7,12-18H2,1H3,(H,25,29)/p+2. The third kappa shape index (κ3) is 5.07. The zero-order valence-electron chi connectivity index (χ0n) is 17.7. The molecule has 0 bridgehead atoms. The van der Waals surface area contributed by atoms with Crippen LogP contribution >= 0.6 is 0 Å². The molecule has 4 rings (SSSR count). The molecule has 0 saturated carbocycles. The number of hydrogen-bond acceptors (Lipinski definition) is 2. The molecule has 6 nitrogen and oxygen atoms in total. The topological polar surface area (TPSA) is 58.3 Å². The molecule has 2 fully saturated rings. The molecule has 6 heteroatoms. The highest BCUT2D eigenvalue weighted by Crippen LogP contribution is 2.22. The maximum atomic E-state index is 12.5. The number of nitrogens with one attached hydrogen (secondary N) is 3. The molecule has 2 aromatic rings. The first kappa shape index (κ1) is 20.6. The maximum absolute atomic E-state index is 12.5. The zero-order chi connectivity index (χ0) is 20.9. The summed E-state index contributed by atoms with van der Waals surface area (Å²) >= 11 is 0. The first-order valence-corrected chi connectivity index (χ1v) is 11.0. The van der Waals surface area contributed by atoms with Crippen LogP contribution in [0.5, 0.6) is 0 Å². The normalized spacial score (nSPS) is 21.6. The van der Waals surface area contributed by atoms with Gasteiger partial charge in [-0.25, -0.2) is 0 Å². The van der Waals surface area contributed by atoms with Crippen LogP contribution in [0.25, 0.3) is 0 Å². The molecule has 2 aromatic carbocycles. The molecule has 2 aliphatic rings. The number of carbonyl (C=O) groups excluding carboxylic acids is 2. The van der Waals surface area contributed by atoms with Gasteiger partial charge in [-0.1, -0.05) is 24.3 Å². The molecule has 30 heavy (non-hydrogen) atoms. The summed E-state index contributed by atoms with van der Waals surface area (Å²) in [5.41, 5.74) is 4.49. The van der Waals surface area contributed by atoms with Gasteiger partial charge >= 0.3 is 0 Å². The van der Waals surface area contributed by atoms with Crippen molar-refractivity contribution in [2.24, 2.45) is 0 Å². The summed E-state index contributed by atoms with van der Waals surface area (Å²) in [4.78, 5) is 29.1. The van der Waals surface area contributed by atoms with E-state index in [0.717, 1.165) is 57.1 Å². The third-order valence-corrected chi connectivity index (χ3v) is 6.31. The molecule has 2 aliphatic heterocycles. The van der Waals surface area contributed by atoms with Gasteiger partial charge in [0.15, 0.2) is 6.54 Å². The average Bonchev–Trinajstić information content (AvgIpc) is 3.17. The Hall–Kier alpha value is -2.70. The van der Waals surface area contributed by atoms with Crippen LogP contribution in [0, 0.1) is 6.92 Å². The number of hydrogen-bond donors (Lipinski definition) is 3. The fourth-order valence-electron chi connectivity index (χ4n) is 4.47. The van der Waals surface area contributed by atoms with Crippen LogP contribution in [0.15, 0.2) is 48.5 Å². The van der Waals surface area contributed by atoms with Gasteiger partial charge in [0.2, 0.25) is 5.91 Å². The molecule has 0 aromatic heterocycles. The second kappa shape index (κ2) is 9.41. The lowest BCUT2D eigenvalue weighted by atomic mass is 10.1. The Bertz CT molecular complexity index is 888. The van der Waals surface area contributed by atoms with Crippen molar-refractivity contribution in [3.05, 3.63) is 59.7 Å². The van der Waals surface area contributed by atoms with Crippen LogP contribution in [0.1, 0.15) is 24.0 Å². The van der Waals surface area contributed by atoms with Crippen molar-refractivity contribution >= 4 is 23.2 Å². The number of aryl methyl sites for hydroxylation is 1. The van der Waals surface area contributed by atoms with Gasteiger partial charge in [0.05, 0.1) is 0 Å². The number of piperazine rings is 1. The molecule has 0 spiro atoms. The third-order valence-electron chi connectivity index (χ3n) is 6.31. The van der Waals surface area contributed by atoms with Crippen molar-refractivity contribution in [1.29, 1.82) is 0 Å². The fraction of sp³-hybridized carbons (Fsp3) is 0.417. The second-order valence-electron chi connectivity index (χ2n) is 8.52. The van der Waals surface area contributed by atoms with E-state index in [0.29, 0.717) is 13.0 Å². The quantitative estimate of drug-likeness (QED) is 0.632. The molecule has 2 saturated heterocycles. The highest BCUT2D eigenvalue weighted by Gasteiger charge is 2.25. The van der Waals surface area contributed by atoms with Crippen molar-refractivity contribution in [2.75, 3.05) is 49.5 Å². The number of quaternary nitrogens is 2. The number of amides is 2. The average molecular weight is 409 g/mol. The van der Waals surface area contributed by atoms with E-state index < -0.39 is 0 Å². The Morgan fingerprint density at radius 1 is 1.00 bits per heavy atom. The summed E-state index contributed by atoms with van der Waals surface area (Å²) in [6.45, 7) is 8.75. The SMILES string of the molecule is Cc1ccccc1C[NH+]1CC[NH+](CC(=O)Nc2ccc(N3CCCC3=O)cc2)CC1. The lowest BCUT2D eigenvalue weighted by molar-refractivity contribution is -1.02. The monoisotopic (exact) mass is 408 g/mol. The number of carbonyl (C=O) groups is 2. The summed E-state index contributed by atoms with van der Waals surface area (Å²) in [6, 6.07) is 16.2. The number of benzene rings is 2. The largest absolute Gasteiger partial charge is 0.322 e. The van der Waals surface area contributed by atoms with Gasteiger partial charge in [0.25, 0.3) is 5.91 Å². The highest BCUT2D eigenvalue weighted by molar-refractivity contribution is 5.96. The zero-order valence-corrected chi connectivity index (χ0v) is 17.7. The molecule has 158 valence electrons. The first-order valence-electron chi connectivity index (χ1n) is 11.0. The first-order chi connectivity index (χ1) is 14.6. The van der Waals surface area contributed by atoms with Crippen LogP contribution in [-0.2, 0) is 16.1 Å². The van der Waals surface area contributed by atoms with Crippen molar-refractivity contribution in [2.45, 2.75) is 26.3 Å². The highest BCUT2D eigenvalue weighted by atomic mass is 16.2. The van der Waals surface area contributed by atoms with Crippen LogP contribution in [0.2, 0.25) is 0 Å². The minimum Gasteiger partial charge on any atom is -0.322 e. The molecule has 0 radical (unpaired) electrons. The summed E-state index contributed by atoms with van der Waals surface area (Å²) in [5, 5.41) is 3.01. The van der Waals surface area contributed by atoms with Gasteiger partial charge in [0, 0.05) is 29.9 Å². The Balaban J connectivity index is 1.22. The molecule has 0 unspecified atom stereocenters. The van der Waals surface area contributed by atoms with E-state index in [4.69, 9.17) is 0 Å². The van der Waals surface area contributed by atoms with Gasteiger partial charge in [-0.2, -0.15) is 0 Å². The van der Waals surface area contributed by atoms with Gasteiger partial charge in [-0.15, -0.1) is 0 Å². The van der Waals surface area contributed by atoms with E-state index in [2.05, 4.69) is 36.5 Å². The predicted molar refractivity (Wildman–Crippen MR) is 118 cm³/mol. The van der Waals surface area contributed by atoms with E-state index >= 15 is 0 Å². The minimum absolute atomic E-state index is 0.0531. The van der Waals surface area contributed by atoms with Gasteiger partial charge in [-0.3, -0.25) is 9.59 Å². The van der Waals surface area contributed by atoms with Gasteiger partial charge in [-0.05, 0) is 43.2 Å². The summed E-state index contributed by atoms with van der Waals surface area (Å²) < 4.78 is 0. The Kier molecular flexibility index (Phi) is 6.45. The molecular formula is C24H32N4O2+2. The second-order valence-corrected chi connectivity index (χ2v) is 8.52. The number of nitrogens with zero attached hydrogens (tertiary/aromatic N) is 1. The van der Waals surface area contributed by atoms with Crippen LogP contribution in [0.4, 0.5) is 11.4 Å². The Morgan fingerprint density at radius 2 is 1.70 bits per heavy atom. The molecule has 2 amide bonds. The lowest BCUT2D eigenvalue weighted by Gasteiger charge is -2.29. The van der Waals surface area contributed by atoms with E-state index in [1.165, 1.54) is 16.0 Å². The summed E-state index contributed by atoms with van der Waals surface area (Å²) in [5.74, 6) is 0.233. The minimum atomic E-state index is 0.0531. The van der Waals surface area contributed by atoms with Crippen LogP contribution in [0.3, 0.4) is 0 Å². The van der Waals surface area contributed by atoms with Crippen molar-refractivity contribution < 1.29 is 19.4 Å². The van der Waals surface area contributed by atoms with Crippen molar-refractivity contribution in [3.8, 4) is 0 Å². The summed E-state index contributed by atoms with van der Waals surface area (Å²) in [6.07, 6.45) is 1.54.